The monoisotopic (exact) mass is 341 g/mol. The molecule has 0 bridgehead atoms. The van der Waals surface area contributed by atoms with E-state index in [2.05, 4.69) is 20.5 Å². The van der Waals surface area contributed by atoms with Crippen molar-refractivity contribution in [2.45, 2.75) is 5.16 Å². The number of carbonyl (C=O) groups excluding carboxylic acids is 1. The Bertz CT molecular complexity index is 851. The summed E-state index contributed by atoms with van der Waals surface area (Å²) >= 11 is 2.80. The van der Waals surface area contributed by atoms with Crippen molar-refractivity contribution in [3.05, 3.63) is 47.3 Å². The topological polar surface area (TPSA) is 94.5 Å². The molecule has 0 spiro atoms. The van der Waals surface area contributed by atoms with Crippen LogP contribution in [-0.2, 0) is 4.79 Å². The Morgan fingerprint density at radius 2 is 2.22 bits per heavy atom. The summed E-state index contributed by atoms with van der Waals surface area (Å²) in [5.41, 5.74) is 0.943. The molecule has 114 valence electrons. The van der Waals surface area contributed by atoms with Crippen LogP contribution in [0.25, 0.3) is 10.7 Å². The number of benzene rings is 1. The first-order valence-corrected chi connectivity index (χ1v) is 8.51. The quantitative estimate of drug-likeness (QED) is 0.695. The molecule has 0 aliphatic heterocycles. The van der Waals surface area contributed by atoms with Crippen LogP contribution in [0.4, 0.5) is 5.69 Å². The number of hydrogen-bond donors (Lipinski definition) is 2. The van der Waals surface area contributed by atoms with E-state index in [9.17, 15) is 4.79 Å². The van der Waals surface area contributed by atoms with E-state index in [4.69, 9.17) is 5.26 Å². The Morgan fingerprint density at radius 1 is 1.35 bits per heavy atom. The molecule has 1 amide bonds. The zero-order chi connectivity index (χ0) is 16.1. The minimum atomic E-state index is -0.208. The summed E-state index contributed by atoms with van der Waals surface area (Å²) in [6.45, 7) is 0. The van der Waals surface area contributed by atoms with Crippen LogP contribution in [0.5, 0.6) is 0 Å². The number of thiophene rings is 1. The Hall–Kier alpha value is -2.63. The van der Waals surface area contributed by atoms with Gasteiger partial charge >= 0.3 is 0 Å². The van der Waals surface area contributed by atoms with Crippen LogP contribution >= 0.6 is 23.1 Å². The zero-order valence-electron chi connectivity index (χ0n) is 11.8. The van der Waals surface area contributed by atoms with E-state index in [1.807, 2.05) is 23.6 Å². The highest BCUT2D eigenvalue weighted by Crippen LogP contribution is 2.23. The van der Waals surface area contributed by atoms with E-state index in [0.717, 1.165) is 4.88 Å². The summed E-state index contributed by atoms with van der Waals surface area (Å²) in [5.74, 6) is 0.652. The molecule has 0 saturated heterocycles. The van der Waals surface area contributed by atoms with E-state index in [-0.39, 0.29) is 11.7 Å². The Balaban J connectivity index is 1.58. The molecule has 2 heterocycles. The highest BCUT2D eigenvalue weighted by molar-refractivity contribution is 7.99. The molecule has 3 aromatic rings. The lowest BCUT2D eigenvalue weighted by molar-refractivity contribution is -0.113. The summed E-state index contributed by atoms with van der Waals surface area (Å²) in [6, 6.07) is 12.8. The normalized spacial score (nSPS) is 10.2. The predicted molar refractivity (Wildman–Crippen MR) is 90.2 cm³/mol. The van der Waals surface area contributed by atoms with Crippen molar-refractivity contribution in [1.29, 1.82) is 5.26 Å². The highest BCUT2D eigenvalue weighted by Gasteiger charge is 2.11. The summed E-state index contributed by atoms with van der Waals surface area (Å²) in [7, 11) is 0. The fourth-order valence-corrected chi connectivity index (χ4v) is 3.10. The van der Waals surface area contributed by atoms with Gasteiger partial charge in [-0.25, -0.2) is 4.98 Å². The second-order valence-electron chi connectivity index (χ2n) is 4.44. The number of hydrogen-bond acceptors (Lipinski definition) is 6. The van der Waals surface area contributed by atoms with Gasteiger partial charge in [-0.15, -0.1) is 16.4 Å². The molecule has 2 N–H and O–H groups in total. The van der Waals surface area contributed by atoms with Crippen molar-refractivity contribution in [2.75, 3.05) is 11.1 Å². The molecule has 23 heavy (non-hydrogen) atoms. The summed E-state index contributed by atoms with van der Waals surface area (Å²) in [6.07, 6.45) is 0. The molecule has 0 aliphatic rings. The first kappa shape index (κ1) is 15.3. The van der Waals surface area contributed by atoms with Crippen molar-refractivity contribution in [3.63, 3.8) is 0 Å². The molecular formula is C15H11N5OS2. The van der Waals surface area contributed by atoms with Crippen LogP contribution in [0, 0.1) is 11.3 Å². The van der Waals surface area contributed by atoms with Crippen molar-refractivity contribution in [3.8, 4) is 16.8 Å². The number of aromatic nitrogens is 3. The number of rotatable bonds is 5. The van der Waals surface area contributed by atoms with Gasteiger partial charge in [-0.1, -0.05) is 30.0 Å². The smallest absolute Gasteiger partial charge is 0.234 e. The lowest BCUT2D eigenvalue weighted by Crippen LogP contribution is -2.15. The van der Waals surface area contributed by atoms with Gasteiger partial charge in [-0.05, 0) is 23.6 Å². The fraction of sp³-hybridized carbons (Fsp3) is 0.0667. The van der Waals surface area contributed by atoms with E-state index in [1.165, 1.54) is 11.8 Å². The second-order valence-corrected chi connectivity index (χ2v) is 6.33. The molecular weight excluding hydrogens is 330 g/mol. The maximum Gasteiger partial charge on any atom is 0.234 e. The van der Waals surface area contributed by atoms with Gasteiger partial charge in [0.15, 0.2) is 5.82 Å². The molecule has 0 aliphatic carbocycles. The number of anilines is 1. The number of amides is 1. The number of nitrogens with zero attached hydrogens (tertiary/aromatic N) is 3. The molecule has 2 aromatic heterocycles. The number of H-pyrrole nitrogens is 1. The fourth-order valence-electron chi connectivity index (χ4n) is 1.84. The van der Waals surface area contributed by atoms with Gasteiger partial charge in [0, 0.05) is 0 Å². The number of para-hydroxylation sites is 1. The van der Waals surface area contributed by atoms with Crippen LogP contribution in [0.1, 0.15) is 5.56 Å². The number of nitrogens with one attached hydrogen (secondary N) is 2. The second kappa shape index (κ2) is 7.09. The molecule has 6 nitrogen and oxygen atoms in total. The van der Waals surface area contributed by atoms with Crippen LogP contribution < -0.4 is 5.32 Å². The van der Waals surface area contributed by atoms with E-state index >= 15 is 0 Å². The van der Waals surface area contributed by atoms with Crippen molar-refractivity contribution >= 4 is 34.7 Å². The number of nitriles is 1. The van der Waals surface area contributed by atoms with Gasteiger partial charge in [-0.2, -0.15) is 5.26 Å². The average Bonchev–Trinajstić information content (AvgIpc) is 3.24. The maximum absolute atomic E-state index is 12.0. The third-order valence-electron chi connectivity index (χ3n) is 2.87. The largest absolute Gasteiger partial charge is 0.324 e. The zero-order valence-corrected chi connectivity index (χ0v) is 13.4. The minimum absolute atomic E-state index is 0.168. The lowest BCUT2D eigenvalue weighted by atomic mass is 10.2. The van der Waals surface area contributed by atoms with E-state index < -0.39 is 0 Å². The standard InChI is InChI=1S/C15H11N5OS2/c16-8-10-4-1-2-5-11(10)17-13(21)9-23-15-18-14(19-20-15)12-6-3-7-22-12/h1-7H,9H2,(H,17,21)(H,18,19,20). The highest BCUT2D eigenvalue weighted by atomic mass is 32.2. The summed E-state index contributed by atoms with van der Waals surface area (Å²) in [4.78, 5) is 17.3. The van der Waals surface area contributed by atoms with Crippen molar-refractivity contribution in [2.24, 2.45) is 0 Å². The third-order valence-corrected chi connectivity index (χ3v) is 4.60. The van der Waals surface area contributed by atoms with Gasteiger partial charge in [0.2, 0.25) is 11.1 Å². The molecule has 0 fully saturated rings. The first-order valence-electron chi connectivity index (χ1n) is 6.64. The van der Waals surface area contributed by atoms with Gasteiger partial charge in [0.05, 0.1) is 21.9 Å². The Labute approximate surface area is 140 Å². The molecule has 3 rings (SSSR count). The van der Waals surface area contributed by atoms with Crippen LogP contribution in [-0.4, -0.2) is 26.8 Å². The minimum Gasteiger partial charge on any atom is -0.324 e. The third kappa shape index (κ3) is 3.77. The molecule has 0 radical (unpaired) electrons. The predicted octanol–water partition coefficient (Wildman–Crippen LogP) is 3.14. The number of aromatic amines is 1. The summed E-state index contributed by atoms with van der Waals surface area (Å²) < 4.78 is 0. The van der Waals surface area contributed by atoms with Gasteiger partial charge in [0.1, 0.15) is 6.07 Å². The summed E-state index contributed by atoms with van der Waals surface area (Å²) in [5, 5.41) is 21.1. The van der Waals surface area contributed by atoms with Crippen molar-refractivity contribution in [1.82, 2.24) is 15.2 Å². The van der Waals surface area contributed by atoms with Gasteiger partial charge in [0.25, 0.3) is 0 Å². The molecule has 0 atom stereocenters. The molecule has 8 heteroatoms. The first-order chi connectivity index (χ1) is 11.3. The lowest BCUT2D eigenvalue weighted by Gasteiger charge is -2.05. The number of thioether (sulfide) groups is 1. The Morgan fingerprint density at radius 3 is 3.00 bits per heavy atom. The molecule has 0 saturated carbocycles. The van der Waals surface area contributed by atoms with Crippen molar-refractivity contribution < 1.29 is 4.79 Å². The molecule has 1 aromatic carbocycles. The van der Waals surface area contributed by atoms with E-state index in [1.54, 1.807) is 35.6 Å². The van der Waals surface area contributed by atoms with E-state index in [0.29, 0.717) is 22.2 Å². The van der Waals surface area contributed by atoms with Crippen LogP contribution in [0.15, 0.2) is 46.9 Å². The SMILES string of the molecule is N#Cc1ccccc1NC(=O)CSc1n[nH]c(-c2cccs2)n1. The average molecular weight is 341 g/mol. The van der Waals surface area contributed by atoms with Gasteiger partial charge < -0.3 is 5.32 Å². The maximum atomic E-state index is 12.0. The number of carbonyl (C=O) groups is 1. The Kier molecular flexibility index (Phi) is 4.71. The van der Waals surface area contributed by atoms with Gasteiger partial charge in [-0.3, -0.25) is 9.89 Å². The van der Waals surface area contributed by atoms with Crippen LogP contribution in [0.2, 0.25) is 0 Å². The van der Waals surface area contributed by atoms with Crippen LogP contribution in [0.3, 0.4) is 0 Å². The molecule has 0 unspecified atom stereocenters.